The van der Waals surface area contributed by atoms with Crippen LogP contribution in [0.4, 0.5) is 0 Å². The number of hydrogen-bond acceptors (Lipinski definition) is 2. The maximum absolute atomic E-state index is 11.6. The van der Waals surface area contributed by atoms with Crippen LogP contribution in [0.3, 0.4) is 0 Å². The fourth-order valence-corrected chi connectivity index (χ4v) is 2.08. The Morgan fingerprint density at radius 2 is 2.29 bits per heavy atom. The number of rotatable bonds is 6. The van der Waals surface area contributed by atoms with Crippen LogP contribution in [-0.2, 0) is 11.3 Å². The summed E-state index contributed by atoms with van der Waals surface area (Å²) in [5.74, 6) is 0.0194. The van der Waals surface area contributed by atoms with Crippen molar-refractivity contribution in [3.63, 3.8) is 0 Å². The van der Waals surface area contributed by atoms with E-state index in [2.05, 4.69) is 28.2 Å². The molecule has 0 heterocycles. The van der Waals surface area contributed by atoms with Gasteiger partial charge < -0.3 is 11.1 Å². The average Bonchev–Trinajstić information content (AvgIpc) is 2.27. The number of halogens is 1. The minimum Gasteiger partial charge on any atom is -0.352 e. The van der Waals surface area contributed by atoms with E-state index in [1.807, 2.05) is 24.3 Å². The highest BCUT2D eigenvalue weighted by Crippen LogP contribution is 2.11. The Kier molecular flexibility index (Phi) is 6.22. The van der Waals surface area contributed by atoms with Gasteiger partial charge in [-0.2, -0.15) is 0 Å². The van der Waals surface area contributed by atoms with Gasteiger partial charge in [-0.25, -0.2) is 0 Å². The molecular formula is C13H19BrN2O. The van der Waals surface area contributed by atoms with Crippen LogP contribution in [-0.4, -0.2) is 11.9 Å². The first-order valence-electron chi connectivity index (χ1n) is 5.88. The molecule has 0 aliphatic heterocycles. The zero-order chi connectivity index (χ0) is 12.7. The van der Waals surface area contributed by atoms with Crippen LogP contribution in [0.2, 0.25) is 0 Å². The van der Waals surface area contributed by atoms with Gasteiger partial charge in [-0.15, -0.1) is 0 Å². The van der Waals surface area contributed by atoms with E-state index in [1.54, 1.807) is 0 Å². The molecule has 4 heteroatoms. The van der Waals surface area contributed by atoms with Gasteiger partial charge in [0.15, 0.2) is 0 Å². The molecule has 0 aliphatic carbocycles. The minimum absolute atomic E-state index is 0.0194. The summed E-state index contributed by atoms with van der Waals surface area (Å²) in [6, 6.07) is 7.86. The molecule has 0 fully saturated rings. The zero-order valence-corrected chi connectivity index (χ0v) is 11.7. The number of hydrogen-bond donors (Lipinski definition) is 2. The Bertz CT molecular complexity index is 368. The van der Waals surface area contributed by atoms with Gasteiger partial charge in [0.25, 0.3) is 0 Å². The summed E-state index contributed by atoms with van der Waals surface area (Å²) in [6.07, 6.45) is 2.31. The quantitative estimate of drug-likeness (QED) is 0.848. The Balaban J connectivity index is 2.33. The van der Waals surface area contributed by atoms with Gasteiger partial charge in [0, 0.05) is 23.5 Å². The second-order valence-corrected chi connectivity index (χ2v) is 5.08. The molecule has 0 saturated heterocycles. The standard InChI is InChI=1S/C13H19BrN2O/c1-2-4-12(15)8-13(17)16-9-10-5-3-6-11(14)7-10/h3,5-7,12H,2,4,8-9,15H2,1H3,(H,16,17). The topological polar surface area (TPSA) is 55.1 Å². The third-order valence-corrected chi connectivity index (χ3v) is 2.98. The summed E-state index contributed by atoms with van der Waals surface area (Å²) >= 11 is 3.40. The van der Waals surface area contributed by atoms with Crippen LogP contribution >= 0.6 is 15.9 Å². The van der Waals surface area contributed by atoms with Gasteiger partial charge in [-0.05, 0) is 24.1 Å². The first kappa shape index (κ1) is 14.2. The predicted octanol–water partition coefficient (Wildman–Crippen LogP) is 2.58. The van der Waals surface area contributed by atoms with Crippen molar-refractivity contribution in [2.24, 2.45) is 5.73 Å². The normalized spacial score (nSPS) is 12.2. The van der Waals surface area contributed by atoms with Crippen molar-refractivity contribution in [3.8, 4) is 0 Å². The summed E-state index contributed by atoms with van der Waals surface area (Å²) in [7, 11) is 0. The summed E-state index contributed by atoms with van der Waals surface area (Å²) in [6.45, 7) is 2.62. The highest BCUT2D eigenvalue weighted by atomic mass is 79.9. The van der Waals surface area contributed by atoms with Crippen molar-refractivity contribution < 1.29 is 4.79 Å². The molecule has 94 valence electrons. The molecule has 1 unspecified atom stereocenters. The van der Waals surface area contributed by atoms with Crippen LogP contribution in [0.1, 0.15) is 31.7 Å². The van der Waals surface area contributed by atoms with Crippen LogP contribution in [0.5, 0.6) is 0 Å². The maximum Gasteiger partial charge on any atom is 0.221 e. The predicted molar refractivity (Wildman–Crippen MR) is 73.5 cm³/mol. The molecule has 1 aromatic carbocycles. The van der Waals surface area contributed by atoms with Crippen molar-refractivity contribution in [1.82, 2.24) is 5.32 Å². The van der Waals surface area contributed by atoms with Gasteiger partial charge in [0.2, 0.25) is 5.91 Å². The van der Waals surface area contributed by atoms with E-state index < -0.39 is 0 Å². The lowest BCUT2D eigenvalue weighted by Gasteiger charge is -2.10. The highest BCUT2D eigenvalue weighted by molar-refractivity contribution is 9.10. The van der Waals surface area contributed by atoms with Gasteiger partial charge >= 0.3 is 0 Å². The maximum atomic E-state index is 11.6. The number of benzene rings is 1. The third kappa shape index (κ3) is 5.84. The van der Waals surface area contributed by atoms with Crippen molar-refractivity contribution >= 4 is 21.8 Å². The van der Waals surface area contributed by atoms with E-state index in [4.69, 9.17) is 5.73 Å². The smallest absolute Gasteiger partial charge is 0.221 e. The summed E-state index contributed by atoms with van der Waals surface area (Å²) in [4.78, 5) is 11.6. The Hall–Kier alpha value is -0.870. The molecule has 3 nitrogen and oxygen atoms in total. The second-order valence-electron chi connectivity index (χ2n) is 4.16. The van der Waals surface area contributed by atoms with Crippen molar-refractivity contribution in [2.45, 2.75) is 38.8 Å². The second kappa shape index (κ2) is 7.45. The minimum atomic E-state index is -0.0255. The lowest BCUT2D eigenvalue weighted by molar-refractivity contribution is -0.121. The van der Waals surface area contributed by atoms with E-state index in [9.17, 15) is 4.79 Å². The van der Waals surface area contributed by atoms with Crippen LogP contribution in [0, 0.1) is 0 Å². The molecule has 0 aromatic heterocycles. The van der Waals surface area contributed by atoms with Crippen molar-refractivity contribution in [3.05, 3.63) is 34.3 Å². The molecule has 0 aliphatic rings. The van der Waals surface area contributed by atoms with Crippen LogP contribution in [0.25, 0.3) is 0 Å². The largest absolute Gasteiger partial charge is 0.352 e. The monoisotopic (exact) mass is 298 g/mol. The summed E-state index contributed by atoms with van der Waals surface area (Å²) < 4.78 is 1.02. The molecule has 0 bridgehead atoms. The first-order valence-corrected chi connectivity index (χ1v) is 6.68. The zero-order valence-electron chi connectivity index (χ0n) is 10.1. The average molecular weight is 299 g/mol. The number of carbonyl (C=O) groups excluding carboxylic acids is 1. The molecular weight excluding hydrogens is 280 g/mol. The fraction of sp³-hybridized carbons (Fsp3) is 0.462. The highest BCUT2D eigenvalue weighted by Gasteiger charge is 2.08. The van der Waals surface area contributed by atoms with Crippen LogP contribution in [0.15, 0.2) is 28.7 Å². The molecule has 3 N–H and O–H groups in total. The molecule has 1 aromatic rings. The van der Waals surface area contributed by atoms with Crippen LogP contribution < -0.4 is 11.1 Å². The molecule has 0 spiro atoms. The van der Waals surface area contributed by atoms with Gasteiger partial charge in [0.1, 0.15) is 0 Å². The van der Waals surface area contributed by atoms with Gasteiger partial charge in [-0.1, -0.05) is 41.4 Å². The first-order chi connectivity index (χ1) is 8.11. The van der Waals surface area contributed by atoms with Gasteiger partial charge in [0.05, 0.1) is 0 Å². The van der Waals surface area contributed by atoms with E-state index in [0.717, 1.165) is 22.9 Å². The van der Waals surface area contributed by atoms with E-state index in [-0.39, 0.29) is 11.9 Å². The molecule has 0 radical (unpaired) electrons. The molecule has 1 amide bonds. The summed E-state index contributed by atoms with van der Waals surface area (Å²) in [5.41, 5.74) is 6.89. The van der Waals surface area contributed by atoms with Crippen molar-refractivity contribution in [2.75, 3.05) is 0 Å². The number of nitrogens with two attached hydrogens (primary N) is 1. The SMILES string of the molecule is CCCC(N)CC(=O)NCc1cccc(Br)c1. The number of nitrogens with one attached hydrogen (secondary N) is 1. The van der Waals surface area contributed by atoms with E-state index in [0.29, 0.717) is 13.0 Å². The Morgan fingerprint density at radius 1 is 1.53 bits per heavy atom. The Morgan fingerprint density at radius 3 is 2.94 bits per heavy atom. The lowest BCUT2D eigenvalue weighted by atomic mass is 10.1. The van der Waals surface area contributed by atoms with Gasteiger partial charge in [-0.3, -0.25) is 4.79 Å². The fourth-order valence-electron chi connectivity index (χ4n) is 1.63. The summed E-state index contributed by atoms with van der Waals surface area (Å²) in [5, 5.41) is 2.88. The molecule has 17 heavy (non-hydrogen) atoms. The molecule has 1 atom stereocenters. The van der Waals surface area contributed by atoms with Crippen molar-refractivity contribution in [1.29, 1.82) is 0 Å². The lowest BCUT2D eigenvalue weighted by Crippen LogP contribution is -2.31. The molecule has 1 rings (SSSR count). The Labute approximate surface area is 111 Å². The van der Waals surface area contributed by atoms with E-state index >= 15 is 0 Å². The van der Waals surface area contributed by atoms with E-state index in [1.165, 1.54) is 0 Å². The third-order valence-electron chi connectivity index (χ3n) is 2.49. The molecule has 0 saturated carbocycles. The number of carbonyl (C=O) groups is 1. The number of amides is 1.